The van der Waals surface area contributed by atoms with Crippen molar-refractivity contribution in [2.45, 2.75) is 6.92 Å². The molecule has 0 unspecified atom stereocenters. The first-order chi connectivity index (χ1) is 13.5. The van der Waals surface area contributed by atoms with Gasteiger partial charge in [-0.15, -0.1) is 0 Å². The van der Waals surface area contributed by atoms with Gasteiger partial charge < -0.3 is 14.8 Å². The maximum atomic E-state index is 12.3. The standard InChI is InChI=1S/C22H18ClNO4/c1-15-4-2-3-5-20(15)27-14-21(25)28-19-12-6-16(7-13-19)22(26)24-18-10-8-17(23)9-11-18/h2-13H,14H2,1H3,(H,24,26). The number of hydrogen-bond donors (Lipinski definition) is 1. The maximum Gasteiger partial charge on any atom is 0.349 e. The fourth-order valence-corrected chi connectivity index (χ4v) is 2.55. The summed E-state index contributed by atoms with van der Waals surface area (Å²) in [4.78, 5) is 24.2. The number of carbonyl (C=O) groups is 2. The third-order valence-electron chi connectivity index (χ3n) is 3.89. The molecule has 0 aromatic heterocycles. The number of ether oxygens (including phenoxy) is 2. The van der Waals surface area contributed by atoms with Gasteiger partial charge in [0.05, 0.1) is 0 Å². The highest BCUT2D eigenvalue weighted by atomic mass is 35.5. The van der Waals surface area contributed by atoms with Gasteiger partial charge in [-0.3, -0.25) is 4.79 Å². The number of aryl methyl sites for hydroxylation is 1. The predicted octanol–water partition coefficient (Wildman–Crippen LogP) is 4.89. The summed E-state index contributed by atoms with van der Waals surface area (Å²) >= 11 is 5.83. The van der Waals surface area contributed by atoms with Crippen LogP contribution in [0.1, 0.15) is 15.9 Å². The highest BCUT2D eigenvalue weighted by Gasteiger charge is 2.10. The number of benzene rings is 3. The van der Waals surface area contributed by atoms with Crippen molar-refractivity contribution in [3.8, 4) is 11.5 Å². The molecular formula is C22H18ClNO4. The van der Waals surface area contributed by atoms with E-state index >= 15 is 0 Å². The van der Waals surface area contributed by atoms with Gasteiger partial charge in [0.15, 0.2) is 6.61 Å². The third-order valence-corrected chi connectivity index (χ3v) is 4.14. The van der Waals surface area contributed by atoms with Gasteiger partial charge in [-0.1, -0.05) is 29.8 Å². The molecule has 0 fully saturated rings. The van der Waals surface area contributed by atoms with Crippen LogP contribution in [0.25, 0.3) is 0 Å². The van der Waals surface area contributed by atoms with Crippen molar-refractivity contribution in [1.29, 1.82) is 0 Å². The van der Waals surface area contributed by atoms with E-state index in [4.69, 9.17) is 21.1 Å². The van der Waals surface area contributed by atoms with Gasteiger partial charge in [0.1, 0.15) is 11.5 Å². The summed E-state index contributed by atoms with van der Waals surface area (Å²) < 4.78 is 10.7. The van der Waals surface area contributed by atoms with Crippen LogP contribution in [-0.2, 0) is 4.79 Å². The van der Waals surface area contributed by atoms with Crippen molar-refractivity contribution in [2.75, 3.05) is 11.9 Å². The Bertz CT molecular complexity index is 969. The monoisotopic (exact) mass is 395 g/mol. The number of para-hydroxylation sites is 1. The second-order valence-electron chi connectivity index (χ2n) is 6.01. The number of carbonyl (C=O) groups excluding carboxylic acids is 2. The molecule has 0 bridgehead atoms. The molecule has 3 aromatic carbocycles. The lowest BCUT2D eigenvalue weighted by molar-refractivity contribution is -0.136. The highest BCUT2D eigenvalue weighted by molar-refractivity contribution is 6.30. The molecule has 6 heteroatoms. The molecule has 0 spiro atoms. The number of amides is 1. The zero-order chi connectivity index (χ0) is 19.9. The van der Waals surface area contributed by atoms with Gasteiger partial charge in [-0.2, -0.15) is 0 Å². The minimum Gasteiger partial charge on any atom is -0.482 e. The number of rotatable bonds is 6. The van der Waals surface area contributed by atoms with E-state index < -0.39 is 5.97 Å². The Morgan fingerprint density at radius 1 is 0.929 bits per heavy atom. The van der Waals surface area contributed by atoms with Crippen molar-refractivity contribution in [3.05, 3.63) is 88.9 Å². The average Bonchev–Trinajstić information content (AvgIpc) is 2.69. The number of halogens is 1. The Labute approximate surface area is 167 Å². The SMILES string of the molecule is Cc1ccccc1OCC(=O)Oc1ccc(C(=O)Nc2ccc(Cl)cc2)cc1. The van der Waals surface area contributed by atoms with E-state index in [2.05, 4.69) is 5.32 Å². The van der Waals surface area contributed by atoms with Gasteiger partial charge in [0.2, 0.25) is 0 Å². The molecule has 1 amide bonds. The van der Waals surface area contributed by atoms with Crippen LogP contribution in [0.15, 0.2) is 72.8 Å². The summed E-state index contributed by atoms with van der Waals surface area (Å²) in [5.74, 6) is 0.166. The van der Waals surface area contributed by atoms with Crippen molar-refractivity contribution >= 4 is 29.2 Å². The van der Waals surface area contributed by atoms with Gasteiger partial charge in [0.25, 0.3) is 5.91 Å². The van der Waals surface area contributed by atoms with Crippen LogP contribution in [0.3, 0.4) is 0 Å². The second kappa shape index (κ2) is 9.06. The molecule has 28 heavy (non-hydrogen) atoms. The van der Waals surface area contributed by atoms with E-state index in [1.165, 1.54) is 0 Å². The van der Waals surface area contributed by atoms with Crippen LogP contribution in [-0.4, -0.2) is 18.5 Å². The highest BCUT2D eigenvalue weighted by Crippen LogP contribution is 2.18. The zero-order valence-electron chi connectivity index (χ0n) is 15.1. The first-order valence-electron chi connectivity index (χ1n) is 8.57. The molecular weight excluding hydrogens is 378 g/mol. The Morgan fingerprint density at radius 3 is 2.29 bits per heavy atom. The second-order valence-corrected chi connectivity index (χ2v) is 6.45. The van der Waals surface area contributed by atoms with Crippen molar-refractivity contribution in [1.82, 2.24) is 0 Å². The Hall–Kier alpha value is -3.31. The normalized spacial score (nSPS) is 10.2. The number of anilines is 1. The first-order valence-corrected chi connectivity index (χ1v) is 8.95. The summed E-state index contributed by atoms with van der Waals surface area (Å²) in [6.07, 6.45) is 0. The number of hydrogen-bond acceptors (Lipinski definition) is 4. The zero-order valence-corrected chi connectivity index (χ0v) is 15.9. The van der Waals surface area contributed by atoms with E-state index in [0.29, 0.717) is 27.8 Å². The average molecular weight is 396 g/mol. The predicted molar refractivity (Wildman–Crippen MR) is 108 cm³/mol. The van der Waals surface area contributed by atoms with E-state index in [-0.39, 0.29) is 12.5 Å². The molecule has 0 atom stereocenters. The van der Waals surface area contributed by atoms with Crippen LogP contribution in [0.2, 0.25) is 5.02 Å². The van der Waals surface area contributed by atoms with E-state index in [9.17, 15) is 9.59 Å². The summed E-state index contributed by atoms with van der Waals surface area (Å²) in [6, 6.07) is 20.5. The van der Waals surface area contributed by atoms with Crippen LogP contribution in [0.5, 0.6) is 11.5 Å². The molecule has 0 aliphatic carbocycles. The fraction of sp³-hybridized carbons (Fsp3) is 0.0909. The first kappa shape index (κ1) is 19.5. The quantitative estimate of drug-likeness (QED) is 0.477. The molecule has 0 saturated heterocycles. The van der Waals surface area contributed by atoms with Gasteiger partial charge in [-0.25, -0.2) is 4.79 Å². The maximum absolute atomic E-state index is 12.3. The van der Waals surface area contributed by atoms with E-state index in [1.54, 1.807) is 54.6 Å². The van der Waals surface area contributed by atoms with Crippen molar-refractivity contribution in [2.24, 2.45) is 0 Å². The number of nitrogens with one attached hydrogen (secondary N) is 1. The molecule has 0 aliphatic heterocycles. The minimum atomic E-state index is -0.526. The van der Waals surface area contributed by atoms with E-state index in [0.717, 1.165) is 5.56 Å². The Balaban J connectivity index is 1.53. The van der Waals surface area contributed by atoms with Crippen LogP contribution in [0.4, 0.5) is 5.69 Å². The minimum absolute atomic E-state index is 0.205. The summed E-state index contributed by atoms with van der Waals surface area (Å²) in [5, 5.41) is 3.36. The van der Waals surface area contributed by atoms with Gasteiger partial charge >= 0.3 is 5.97 Å². The summed E-state index contributed by atoms with van der Waals surface area (Å²) in [6.45, 7) is 1.69. The van der Waals surface area contributed by atoms with Gasteiger partial charge in [-0.05, 0) is 67.1 Å². The summed E-state index contributed by atoms with van der Waals surface area (Å²) in [7, 11) is 0. The van der Waals surface area contributed by atoms with Crippen LogP contribution in [0, 0.1) is 6.92 Å². The van der Waals surface area contributed by atoms with Crippen LogP contribution >= 0.6 is 11.6 Å². The molecule has 1 N–H and O–H groups in total. The van der Waals surface area contributed by atoms with Crippen molar-refractivity contribution in [3.63, 3.8) is 0 Å². The van der Waals surface area contributed by atoms with Gasteiger partial charge in [0, 0.05) is 16.3 Å². The smallest absolute Gasteiger partial charge is 0.349 e. The Morgan fingerprint density at radius 2 is 1.61 bits per heavy atom. The topological polar surface area (TPSA) is 64.6 Å². The lowest BCUT2D eigenvalue weighted by atomic mass is 10.2. The molecule has 142 valence electrons. The third kappa shape index (κ3) is 5.34. The molecule has 0 radical (unpaired) electrons. The largest absolute Gasteiger partial charge is 0.482 e. The molecule has 3 aromatic rings. The lowest BCUT2D eigenvalue weighted by Crippen LogP contribution is -2.18. The molecule has 0 aliphatic rings. The number of esters is 1. The fourth-order valence-electron chi connectivity index (χ4n) is 2.43. The summed E-state index contributed by atoms with van der Waals surface area (Å²) in [5.41, 5.74) is 2.01. The molecule has 0 heterocycles. The van der Waals surface area contributed by atoms with E-state index in [1.807, 2.05) is 25.1 Å². The molecule has 0 saturated carbocycles. The lowest BCUT2D eigenvalue weighted by Gasteiger charge is -2.09. The Kier molecular flexibility index (Phi) is 6.29. The van der Waals surface area contributed by atoms with Crippen LogP contribution < -0.4 is 14.8 Å². The molecule has 3 rings (SSSR count). The van der Waals surface area contributed by atoms with Crippen molar-refractivity contribution < 1.29 is 19.1 Å². The molecule has 5 nitrogen and oxygen atoms in total.